The number of hydrogen-bond acceptors (Lipinski definition) is 1. The second-order valence-corrected chi connectivity index (χ2v) is 2.69. The summed E-state index contributed by atoms with van der Waals surface area (Å²) in [6, 6.07) is 5.29. The Morgan fingerprint density at radius 2 is 1.47 bits per heavy atom. The fraction of sp³-hybridized carbons (Fsp3) is 0.364. The van der Waals surface area contributed by atoms with Crippen molar-refractivity contribution < 1.29 is 18.0 Å². The number of ketones is 1. The van der Waals surface area contributed by atoms with E-state index in [1.807, 2.05) is 13.8 Å². The Bertz CT molecular complexity index is 312. The van der Waals surface area contributed by atoms with Crippen molar-refractivity contribution in [2.75, 3.05) is 0 Å². The Morgan fingerprint density at radius 1 is 1.07 bits per heavy atom. The highest BCUT2D eigenvalue weighted by molar-refractivity contribution is 6.00. The fourth-order valence-corrected chi connectivity index (χ4v) is 0.869. The molecule has 0 bridgehead atoms. The molecule has 4 heteroatoms. The van der Waals surface area contributed by atoms with Crippen molar-refractivity contribution in [2.45, 2.75) is 26.9 Å². The van der Waals surface area contributed by atoms with Gasteiger partial charge in [-0.3, -0.25) is 4.79 Å². The van der Waals surface area contributed by atoms with Crippen LogP contribution in [0.1, 0.15) is 29.8 Å². The third-order valence-electron chi connectivity index (χ3n) is 1.57. The Balaban J connectivity index is 0.000000921. The number of rotatable bonds is 1. The minimum absolute atomic E-state index is 0.321. The van der Waals surface area contributed by atoms with E-state index in [2.05, 4.69) is 0 Å². The molecule has 0 aliphatic rings. The van der Waals surface area contributed by atoms with Crippen molar-refractivity contribution in [1.82, 2.24) is 0 Å². The molecule has 15 heavy (non-hydrogen) atoms. The van der Waals surface area contributed by atoms with Gasteiger partial charge in [-0.05, 0) is 6.92 Å². The van der Waals surface area contributed by atoms with Crippen LogP contribution in [0.4, 0.5) is 13.2 Å². The zero-order chi connectivity index (χ0) is 12.1. The average molecular weight is 218 g/mol. The summed E-state index contributed by atoms with van der Waals surface area (Å²) in [4.78, 5) is 10.7. The number of halogens is 3. The first-order valence-corrected chi connectivity index (χ1v) is 4.59. The van der Waals surface area contributed by atoms with Gasteiger partial charge < -0.3 is 0 Å². The number of alkyl halides is 3. The molecule has 0 fully saturated rings. The van der Waals surface area contributed by atoms with Gasteiger partial charge in [0.1, 0.15) is 0 Å². The lowest BCUT2D eigenvalue weighted by Gasteiger charge is -2.04. The second-order valence-electron chi connectivity index (χ2n) is 2.69. The first-order chi connectivity index (χ1) is 6.91. The maximum absolute atomic E-state index is 11.9. The van der Waals surface area contributed by atoms with Gasteiger partial charge in [0.15, 0.2) is 0 Å². The van der Waals surface area contributed by atoms with Crippen molar-refractivity contribution in [3.05, 3.63) is 35.4 Å². The first kappa shape index (κ1) is 13.7. The molecule has 0 spiro atoms. The SMILES string of the molecule is CC.Cc1ccc(C(=O)C(F)(F)F)cc1. The third kappa shape index (κ3) is 4.14. The van der Waals surface area contributed by atoms with Crippen molar-refractivity contribution in [3.63, 3.8) is 0 Å². The minimum atomic E-state index is -4.78. The van der Waals surface area contributed by atoms with Crippen molar-refractivity contribution in [1.29, 1.82) is 0 Å². The molecule has 1 aromatic rings. The van der Waals surface area contributed by atoms with Crippen LogP contribution in [-0.2, 0) is 0 Å². The third-order valence-corrected chi connectivity index (χ3v) is 1.57. The first-order valence-electron chi connectivity index (χ1n) is 4.59. The van der Waals surface area contributed by atoms with E-state index in [0.717, 1.165) is 5.56 Å². The van der Waals surface area contributed by atoms with Gasteiger partial charge in [-0.15, -0.1) is 0 Å². The standard InChI is InChI=1S/C9H7F3O.C2H6/c1-6-2-4-7(5-3-6)8(13)9(10,11)12;1-2/h2-5H,1H3;1-2H3. The van der Waals surface area contributed by atoms with E-state index in [1.165, 1.54) is 24.3 Å². The second kappa shape index (κ2) is 5.53. The summed E-state index contributed by atoms with van der Waals surface area (Å²) in [5.74, 6) is -1.80. The van der Waals surface area contributed by atoms with Crippen LogP contribution in [0.3, 0.4) is 0 Å². The molecule has 0 atom stereocenters. The van der Waals surface area contributed by atoms with Crippen LogP contribution >= 0.6 is 0 Å². The summed E-state index contributed by atoms with van der Waals surface area (Å²) in [5.41, 5.74) is 0.497. The predicted molar refractivity (Wildman–Crippen MR) is 52.9 cm³/mol. The predicted octanol–water partition coefficient (Wildman–Crippen LogP) is 3.77. The molecule has 0 radical (unpaired) electrons. The molecule has 0 heterocycles. The Kier molecular flexibility index (Phi) is 5.05. The van der Waals surface area contributed by atoms with Crippen molar-refractivity contribution in [3.8, 4) is 0 Å². The van der Waals surface area contributed by atoms with Gasteiger partial charge in [-0.2, -0.15) is 13.2 Å². The zero-order valence-corrected chi connectivity index (χ0v) is 8.85. The lowest BCUT2D eigenvalue weighted by molar-refractivity contribution is -0.0885. The number of carbonyl (C=O) groups excluding carboxylic acids is 1. The lowest BCUT2D eigenvalue weighted by Crippen LogP contribution is -2.22. The molecule has 0 aromatic heterocycles. The monoisotopic (exact) mass is 218 g/mol. The van der Waals surface area contributed by atoms with Crippen LogP contribution in [0, 0.1) is 6.92 Å². The normalized spacial score (nSPS) is 10.3. The number of aryl methyl sites for hydroxylation is 1. The quantitative estimate of drug-likeness (QED) is 0.656. The smallest absolute Gasteiger partial charge is 0.284 e. The van der Waals surface area contributed by atoms with E-state index in [1.54, 1.807) is 6.92 Å². The molecular formula is C11H13F3O. The van der Waals surface area contributed by atoms with Crippen molar-refractivity contribution in [2.24, 2.45) is 0 Å². The van der Waals surface area contributed by atoms with E-state index >= 15 is 0 Å². The summed E-state index contributed by atoms with van der Waals surface area (Å²) in [6.45, 7) is 5.74. The van der Waals surface area contributed by atoms with E-state index in [9.17, 15) is 18.0 Å². The van der Waals surface area contributed by atoms with E-state index in [4.69, 9.17) is 0 Å². The topological polar surface area (TPSA) is 17.1 Å². The molecule has 0 aliphatic heterocycles. The summed E-state index contributed by atoms with van der Waals surface area (Å²) < 4.78 is 35.7. The molecule has 0 amide bonds. The van der Waals surface area contributed by atoms with Gasteiger partial charge >= 0.3 is 6.18 Å². The number of Topliss-reactive ketones (excluding diaryl/α,β-unsaturated/α-hetero) is 1. The van der Waals surface area contributed by atoms with Gasteiger partial charge in [0.05, 0.1) is 0 Å². The summed E-state index contributed by atoms with van der Waals surface area (Å²) in [5, 5.41) is 0. The number of hydrogen-bond donors (Lipinski definition) is 0. The van der Waals surface area contributed by atoms with Crippen LogP contribution in [0.25, 0.3) is 0 Å². The van der Waals surface area contributed by atoms with Gasteiger partial charge in [-0.1, -0.05) is 43.7 Å². The largest absolute Gasteiger partial charge is 0.454 e. The highest BCUT2D eigenvalue weighted by atomic mass is 19.4. The number of benzene rings is 1. The fourth-order valence-electron chi connectivity index (χ4n) is 0.869. The van der Waals surface area contributed by atoms with Gasteiger partial charge in [0.2, 0.25) is 0 Å². The van der Waals surface area contributed by atoms with E-state index in [-0.39, 0.29) is 5.56 Å². The molecule has 0 unspecified atom stereocenters. The van der Waals surface area contributed by atoms with E-state index in [0.29, 0.717) is 0 Å². The van der Waals surface area contributed by atoms with Crippen molar-refractivity contribution >= 4 is 5.78 Å². The van der Waals surface area contributed by atoms with Crippen LogP contribution in [-0.4, -0.2) is 12.0 Å². The van der Waals surface area contributed by atoms with Gasteiger partial charge in [0.25, 0.3) is 5.78 Å². The lowest BCUT2D eigenvalue weighted by atomic mass is 10.1. The van der Waals surface area contributed by atoms with Crippen LogP contribution < -0.4 is 0 Å². The van der Waals surface area contributed by atoms with Crippen LogP contribution in [0.2, 0.25) is 0 Å². The zero-order valence-electron chi connectivity index (χ0n) is 8.85. The molecule has 1 nitrogen and oxygen atoms in total. The minimum Gasteiger partial charge on any atom is -0.284 e. The average Bonchev–Trinajstić information content (AvgIpc) is 2.20. The highest BCUT2D eigenvalue weighted by Crippen LogP contribution is 2.21. The molecule has 84 valence electrons. The van der Waals surface area contributed by atoms with E-state index < -0.39 is 12.0 Å². The Morgan fingerprint density at radius 3 is 1.80 bits per heavy atom. The Hall–Kier alpha value is -1.32. The molecule has 1 rings (SSSR count). The van der Waals surface area contributed by atoms with Gasteiger partial charge in [-0.25, -0.2) is 0 Å². The molecule has 0 saturated heterocycles. The van der Waals surface area contributed by atoms with Gasteiger partial charge in [0, 0.05) is 5.56 Å². The highest BCUT2D eigenvalue weighted by Gasteiger charge is 2.38. The van der Waals surface area contributed by atoms with Crippen LogP contribution in [0.15, 0.2) is 24.3 Å². The molecule has 0 saturated carbocycles. The molecule has 1 aromatic carbocycles. The summed E-state index contributed by atoms with van der Waals surface area (Å²) in [6.07, 6.45) is -4.78. The molecule has 0 aliphatic carbocycles. The summed E-state index contributed by atoms with van der Waals surface area (Å²) >= 11 is 0. The molecular weight excluding hydrogens is 205 g/mol. The maximum atomic E-state index is 11.9. The number of carbonyl (C=O) groups is 1. The molecule has 0 N–H and O–H groups in total. The Labute approximate surface area is 86.9 Å². The summed E-state index contributed by atoms with van der Waals surface area (Å²) in [7, 11) is 0. The van der Waals surface area contributed by atoms with Crippen LogP contribution in [0.5, 0.6) is 0 Å². The maximum Gasteiger partial charge on any atom is 0.454 e.